The topological polar surface area (TPSA) is 44.5 Å². The summed E-state index contributed by atoms with van der Waals surface area (Å²) in [5.41, 5.74) is 5.68. The summed E-state index contributed by atoms with van der Waals surface area (Å²) in [4.78, 5) is 1.07. The summed E-state index contributed by atoms with van der Waals surface area (Å²) in [5, 5.41) is 2.02. The summed E-state index contributed by atoms with van der Waals surface area (Å²) in [6, 6.07) is 2.01. The summed E-state index contributed by atoms with van der Waals surface area (Å²) in [6.45, 7) is 3.02. The van der Waals surface area contributed by atoms with Crippen LogP contribution in [-0.4, -0.2) is 19.3 Å². The van der Waals surface area contributed by atoms with Crippen LogP contribution in [0, 0.1) is 0 Å². The van der Waals surface area contributed by atoms with Gasteiger partial charge in [0, 0.05) is 9.85 Å². The molecule has 1 aromatic heterocycles. The van der Waals surface area contributed by atoms with Crippen molar-refractivity contribution < 1.29 is 9.47 Å². The minimum atomic E-state index is -0.618. The molecule has 1 saturated heterocycles. The number of nitrogens with two attached hydrogens (primary N) is 1. The largest absolute Gasteiger partial charge is 0.344 e. The lowest BCUT2D eigenvalue weighted by molar-refractivity contribution is -0.268. The van der Waals surface area contributed by atoms with Crippen LogP contribution in [0.4, 0.5) is 0 Å². The average molecular weight is 278 g/mol. The zero-order valence-corrected chi connectivity index (χ0v) is 10.2. The maximum Gasteiger partial charge on any atom is 0.201 e. The van der Waals surface area contributed by atoms with Gasteiger partial charge in [0.15, 0.2) is 0 Å². The van der Waals surface area contributed by atoms with E-state index in [4.69, 9.17) is 15.2 Å². The van der Waals surface area contributed by atoms with Crippen molar-refractivity contribution in [1.29, 1.82) is 0 Å². The third-order valence-electron chi connectivity index (χ3n) is 2.16. The van der Waals surface area contributed by atoms with Gasteiger partial charge in [0.1, 0.15) is 0 Å². The summed E-state index contributed by atoms with van der Waals surface area (Å²) in [7, 11) is 0. The van der Waals surface area contributed by atoms with Crippen molar-refractivity contribution in [3.63, 3.8) is 0 Å². The van der Waals surface area contributed by atoms with Gasteiger partial charge in [-0.3, -0.25) is 0 Å². The first-order valence-corrected chi connectivity index (χ1v) is 6.05. The zero-order chi connectivity index (χ0) is 10.2. The number of rotatable bonds is 1. The predicted molar refractivity (Wildman–Crippen MR) is 59.3 cm³/mol. The van der Waals surface area contributed by atoms with Gasteiger partial charge in [0.25, 0.3) is 0 Å². The standard InChI is InChI=1S/C9H12BrNO2S/c1-9(8-2-6(10)5-14-8)12-3-7(11)4-13-9/h2,5,7H,3-4,11H2,1H3. The van der Waals surface area contributed by atoms with Crippen LogP contribution in [0.15, 0.2) is 15.9 Å². The minimum absolute atomic E-state index is 0.00789. The highest BCUT2D eigenvalue weighted by Crippen LogP contribution is 2.35. The zero-order valence-electron chi connectivity index (χ0n) is 7.83. The number of hydrogen-bond donors (Lipinski definition) is 1. The molecule has 0 aliphatic carbocycles. The SMILES string of the molecule is CC1(c2cc(Br)cs2)OCC(N)CO1. The molecule has 0 unspecified atom stereocenters. The van der Waals surface area contributed by atoms with Crippen molar-refractivity contribution in [2.45, 2.75) is 18.8 Å². The lowest BCUT2D eigenvalue weighted by atomic mass is 10.2. The van der Waals surface area contributed by atoms with Crippen LogP contribution in [0.2, 0.25) is 0 Å². The molecule has 3 nitrogen and oxygen atoms in total. The minimum Gasteiger partial charge on any atom is -0.344 e. The van der Waals surface area contributed by atoms with E-state index >= 15 is 0 Å². The molecule has 0 saturated carbocycles. The second-order valence-corrected chi connectivity index (χ2v) is 5.28. The van der Waals surface area contributed by atoms with E-state index in [2.05, 4.69) is 15.9 Å². The third-order valence-corrected chi connectivity index (χ3v) is 4.04. The molecule has 0 amide bonds. The maximum absolute atomic E-state index is 5.68. The lowest BCUT2D eigenvalue weighted by Crippen LogP contribution is -2.45. The first kappa shape index (κ1) is 10.6. The van der Waals surface area contributed by atoms with E-state index in [-0.39, 0.29) is 6.04 Å². The van der Waals surface area contributed by atoms with Crippen LogP contribution < -0.4 is 5.73 Å². The fourth-order valence-corrected chi connectivity index (χ4v) is 2.81. The molecule has 1 fully saturated rings. The van der Waals surface area contributed by atoms with E-state index in [1.54, 1.807) is 11.3 Å². The smallest absolute Gasteiger partial charge is 0.201 e. The number of thiophene rings is 1. The van der Waals surface area contributed by atoms with Gasteiger partial charge in [-0.25, -0.2) is 0 Å². The number of hydrogen-bond acceptors (Lipinski definition) is 4. The quantitative estimate of drug-likeness (QED) is 0.855. The molecule has 1 aliphatic rings. The second kappa shape index (κ2) is 3.90. The van der Waals surface area contributed by atoms with Gasteiger partial charge in [-0.2, -0.15) is 0 Å². The summed E-state index contributed by atoms with van der Waals surface area (Å²) in [6.07, 6.45) is 0. The molecule has 0 aromatic carbocycles. The Bertz CT molecular complexity index is 320. The summed E-state index contributed by atoms with van der Waals surface area (Å²) >= 11 is 5.03. The van der Waals surface area contributed by atoms with Gasteiger partial charge in [-0.15, -0.1) is 11.3 Å². The molecule has 2 heterocycles. The molecule has 5 heteroatoms. The highest BCUT2D eigenvalue weighted by Gasteiger charge is 2.34. The van der Waals surface area contributed by atoms with Crippen molar-refractivity contribution in [3.8, 4) is 0 Å². The van der Waals surface area contributed by atoms with Crippen LogP contribution in [0.3, 0.4) is 0 Å². The Hall–Kier alpha value is 0.0600. The molecule has 1 aliphatic heterocycles. The molecule has 1 aromatic rings. The van der Waals surface area contributed by atoms with Gasteiger partial charge in [-0.05, 0) is 28.9 Å². The number of ether oxygens (including phenoxy) is 2. The van der Waals surface area contributed by atoms with Crippen LogP contribution in [-0.2, 0) is 15.3 Å². The third kappa shape index (κ3) is 2.01. The van der Waals surface area contributed by atoms with E-state index < -0.39 is 5.79 Å². The first-order valence-electron chi connectivity index (χ1n) is 4.38. The average Bonchev–Trinajstić information content (AvgIpc) is 2.58. The Kier molecular flexibility index (Phi) is 2.95. The van der Waals surface area contributed by atoms with Gasteiger partial charge in [-0.1, -0.05) is 0 Å². The fraction of sp³-hybridized carbons (Fsp3) is 0.556. The molecule has 2 N–H and O–H groups in total. The molecule has 0 radical (unpaired) electrons. The maximum atomic E-state index is 5.68. The molecule has 0 spiro atoms. The van der Waals surface area contributed by atoms with Crippen molar-refractivity contribution in [3.05, 3.63) is 20.8 Å². The molecule has 0 atom stereocenters. The summed E-state index contributed by atoms with van der Waals surface area (Å²) < 4.78 is 12.3. The monoisotopic (exact) mass is 277 g/mol. The van der Waals surface area contributed by atoms with Crippen molar-refractivity contribution in [1.82, 2.24) is 0 Å². The molecule has 78 valence electrons. The van der Waals surface area contributed by atoms with E-state index in [0.717, 1.165) is 9.35 Å². The molecule has 14 heavy (non-hydrogen) atoms. The second-order valence-electron chi connectivity index (χ2n) is 3.46. The normalized spacial score (nSPS) is 33.2. The van der Waals surface area contributed by atoms with Crippen LogP contribution in [0.25, 0.3) is 0 Å². The Morgan fingerprint density at radius 2 is 2.21 bits per heavy atom. The molecular weight excluding hydrogens is 266 g/mol. The van der Waals surface area contributed by atoms with Crippen molar-refractivity contribution >= 4 is 27.3 Å². The molecular formula is C9H12BrNO2S. The van der Waals surface area contributed by atoms with E-state index in [9.17, 15) is 0 Å². The Morgan fingerprint density at radius 1 is 1.57 bits per heavy atom. The van der Waals surface area contributed by atoms with Crippen molar-refractivity contribution in [2.75, 3.05) is 13.2 Å². The Labute approximate surface area is 95.3 Å². The van der Waals surface area contributed by atoms with Crippen LogP contribution in [0.5, 0.6) is 0 Å². The summed E-state index contributed by atoms with van der Waals surface area (Å²) in [5.74, 6) is -0.618. The molecule has 2 rings (SSSR count). The van der Waals surface area contributed by atoms with Crippen LogP contribution >= 0.6 is 27.3 Å². The predicted octanol–water partition coefficient (Wildman–Crippen LogP) is 2.06. The fourth-order valence-electron chi connectivity index (χ4n) is 1.32. The lowest BCUT2D eigenvalue weighted by Gasteiger charge is -2.35. The van der Waals surface area contributed by atoms with Crippen LogP contribution in [0.1, 0.15) is 11.8 Å². The van der Waals surface area contributed by atoms with Gasteiger partial charge >= 0.3 is 0 Å². The molecule has 0 bridgehead atoms. The highest BCUT2D eigenvalue weighted by molar-refractivity contribution is 9.10. The van der Waals surface area contributed by atoms with Gasteiger partial charge in [0.2, 0.25) is 5.79 Å². The Balaban J connectivity index is 2.16. The van der Waals surface area contributed by atoms with E-state index in [0.29, 0.717) is 13.2 Å². The van der Waals surface area contributed by atoms with Gasteiger partial charge in [0.05, 0.1) is 24.1 Å². The Morgan fingerprint density at radius 3 is 2.71 bits per heavy atom. The van der Waals surface area contributed by atoms with Gasteiger partial charge < -0.3 is 15.2 Å². The highest BCUT2D eigenvalue weighted by atomic mass is 79.9. The van der Waals surface area contributed by atoms with E-state index in [1.165, 1.54) is 0 Å². The first-order chi connectivity index (χ1) is 6.60. The van der Waals surface area contributed by atoms with E-state index in [1.807, 2.05) is 18.4 Å². The number of halogens is 1. The van der Waals surface area contributed by atoms with Crippen molar-refractivity contribution in [2.24, 2.45) is 5.73 Å².